The van der Waals surface area contributed by atoms with Gasteiger partial charge in [-0.25, -0.2) is 0 Å². The number of halogens is 3. The predicted octanol–water partition coefficient (Wildman–Crippen LogP) is 3.71. The van der Waals surface area contributed by atoms with Crippen LogP contribution in [-0.4, -0.2) is 0 Å². The van der Waals surface area contributed by atoms with E-state index in [9.17, 15) is 0 Å². The lowest BCUT2D eigenvalue weighted by molar-refractivity contribution is 1.35. The lowest BCUT2D eigenvalue weighted by Crippen LogP contribution is -1.90. The van der Waals surface area contributed by atoms with Gasteiger partial charge in [-0.05, 0) is 34.7 Å². The summed E-state index contributed by atoms with van der Waals surface area (Å²) in [6.07, 6.45) is 0. The smallest absolute Gasteiger partial charge is 0.101 e. The number of benzene rings is 1. The molecule has 1 aromatic rings. The van der Waals surface area contributed by atoms with E-state index in [4.69, 9.17) is 16.9 Å². The molecule has 12 heavy (non-hydrogen) atoms. The van der Waals surface area contributed by atoms with Gasteiger partial charge >= 0.3 is 0 Å². The van der Waals surface area contributed by atoms with Crippen LogP contribution in [0.15, 0.2) is 12.1 Å². The monoisotopic (exact) mass is 355 g/mol. The maximum absolute atomic E-state index is 8.82. The molecule has 0 saturated heterocycles. The average molecular weight is 356 g/mol. The van der Waals surface area contributed by atoms with Crippen molar-refractivity contribution in [2.75, 3.05) is 0 Å². The van der Waals surface area contributed by atoms with Crippen molar-refractivity contribution in [3.8, 4) is 6.07 Å². The standard InChI is InChI=1S/C8H4BrClIN/c9-3-5-6(4-12)8(11)2-1-7(5)10/h1-2H,3H2. The van der Waals surface area contributed by atoms with Crippen molar-refractivity contribution in [2.24, 2.45) is 0 Å². The van der Waals surface area contributed by atoms with Gasteiger partial charge in [0, 0.05) is 19.5 Å². The number of nitriles is 1. The maximum Gasteiger partial charge on any atom is 0.101 e. The first kappa shape index (κ1) is 10.3. The van der Waals surface area contributed by atoms with Crippen LogP contribution in [0.2, 0.25) is 5.02 Å². The van der Waals surface area contributed by atoms with E-state index in [1.54, 1.807) is 6.07 Å². The molecular weight excluding hydrogens is 352 g/mol. The van der Waals surface area contributed by atoms with Crippen LogP contribution in [-0.2, 0) is 5.33 Å². The molecular formula is C8H4BrClIN. The molecule has 0 heterocycles. The second-order valence-electron chi connectivity index (χ2n) is 2.13. The third-order valence-corrected chi connectivity index (χ3v) is 3.26. The summed E-state index contributed by atoms with van der Waals surface area (Å²) in [5, 5.41) is 10.1. The molecule has 0 N–H and O–H groups in total. The van der Waals surface area contributed by atoms with Crippen molar-refractivity contribution in [2.45, 2.75) is 5.33 Å². The van der Waals surface area contributed by atoms with E-state index in [-0.39, 0.29) is 0 Å². The molecule has 0 aliphatic rings. The first-order chi connectivity index (χ1) is 5.70. The molecule has 0 spiro atoms. The van der Waals surface area contributed by atoms with Gasteiger partial charge in [-0.15, -0.1) is 0 Å². The molecule has 62 valence electrons. The fourth-order valence-electron chi connectivity index (χ4n) is 0.845. The summed E-state index contributed by atoms with van der Waals surface area (Å²) in [6.45, 7) is 0. The van der Waals surface area contributed by atoms with Crippen LogP contribution in [0.4, 0.5) is 0 Å². The SMILES string of the molecule is N#Cc1c(I)ccc(Cl)c1CBr. The van der Waals surface area contributed by atoms with Crippen molar-refractivity contribution < 1.29 is 0 Å². The second kappa shape index (κ2) is 4.45. The van der Waals surface area contributed by atoms with E-state index in [0.717, 1.165) is 9.13 Å². The number of hydrogen-bond donors (Lipinski definition) is 0. The highest BCUT2D eigenvalue weighted by Gasteiger charge is 2.08. The highest BCUT2D eigenvalue weighted by atomic mass is 127. The zero-order valence-corrected chi connectivity index (χ0v) is 10.4. The van der Waals surface area contributed by atoms with Crippen LogP contribution >= 0.6 is 50.1 Å². The third kappa shape index (κ3) is 1.93. The van der Waals surface area contributed by atoms with Gasteiger partial charge in [0.1, 0.15) is 6.07 Å². The van der Waals surface area contributed by atoms with Crippen LogP contribution in [0.5, 0.6) is 0 Å². The Bertz CT molecular complexity index is 346. The Hall–Kier alpha value is 0.210. The molecule has 1 rings (SSSR count). The third-order valence-electron chi connectivity index (χ3n) is 1.45. The van der Waals surface area contributed by atoms with Crippen molar-refractivity contribution in [3.05, 3.63) is 31.9 Å². The summed E-state index contributed by atoms with van der Waals surface area (Å²) >= 11 is 11.3. The minimum absolute atomic E-state index is 0.617. The van der Waals surface area contributed by atoms with Crippen LogP contribution in [0.1, 0.15) is 11.1 Å². The van der Waals surface area contributed by atoms with Crippen LogP contribution < -0.4 is 0 Å². The van der Waals surface area contributed by atoms with Gasteiger partial charge < -0.3 is 0 Å². The Kier molecular flexibility index (Phi) is 3.81. The van der Waals surface area contributed by atoms with Crippen LogP contribution in [0.3, 0.4) is 0 Å². The van der Waals surface area contributed by atoms with E-state index in [1.165, 1.54) is 0 Å². The Balaban J connectivity index is 3.41. The molecule has 0 fully saturated rings. The Morgan fingerprint density at radius 3 is 2.67 bits per heavy atom. The highest BCUT2D eigenvalue weighted by Crippen LogP contribution is 2.26. The zero-order chi connectivity index (χ0) is 9.14. The van der Waals surface area contributed by atoms with Crippen molar-refractivity contribution in [3.63, 3.8) is 0 Å². The summed E-state index contributed by atoms with van der Waals surface area (Å²) in [5.41, 5.74) is 1.53. The lowest BCUT2D eigenvalue weighted by atomic mass is 10.1. The highest BCUT2D eigenvalue weighted by molar-refractivity contribution is 14.1. The minimum atomic E-state index is 0.617. The Morgan fingerprint density at radius 2 is 2.25 bits per heavy atom. The molecule has 0 amide bonds. The molecule has 0 bridgehead atoms. The number of nitrogens with zero attached hydrogens (tertiary/aromatic N) is 1. The fourth-order valence-corrected chi connectivity index (χ4v) is 2.44. The Labute approximate surface area is 98.0 Å². The summed E-state index contributed by atoms with van der Waals surface area (Å²) in [7, 11) is 0. The van der Waals surface area contributed by atoms with Crippen molar-refractivity contribution in [1.29, 1.82) is 5.26 Å². The second-order valence-corrected chi connectivity index (χ2v) is 4.26. The first-order valence-corrected chi connectivity index (χ1v) is 5.71. The normalized spacial score (nSPS) is 9.50. The molecule has 4 heteroatoms. The summed E-state index contributed by atoms with van der Waals surface area (Å²) in [6, 6.07) is 5.78. The predicted molar refractivity (Wildman–Crippen MR) is 61.5 cm³/mol. The van der Waals surface area contributed by atoms with Gasteiger partial charge in [-0.1, -0.05) is 27.5 Å². The van der Waals surface area contributed by atoms with Gasteiger partial charge in [0.2, 0.25) is 0 Å². The van der Waals surface area contributed by atoms with Gasteiger partial charge in [0.05, 0.1) is 5.56 Å². The number of hydrogen-bond acceptors (Lipinski definition) is 1. The van der Waals surface area contributed by atoms with Crippen molar-refractivity contribution >= 4 is 50.1 Å². The molecule has 1 nitrogen and oxygen atoms in total. The summed E-state index contributed by atoms with van der Waals surface area (Å²) < 4.78 is 0.939. The van der Waals surface area contributed by atoms with Crippen LogP contribution in [0, 0.1) is 14.9 Å². The summed E-state index contributed by atoms with van der Waals surface area (Å²) in [4.78, 5) is 0. The minimum Gasteiger partial charge on any atom is -0.192 e. The molecule has 0 unspecified atom stereocenters. The van der Waals surface area contributed by atoms with Gasteiger partial charge in [-0.2, -0.15) is 5.26 Å². The van der Waals surface area contributed by atoms with Crippen LogP contribution in [0.25, 0.3) is 0 Å². The molecule has 0 saturated carbocycles. The lowest BCUT2D eigenvalue weighted by Gasteiger charge is -2.03. The van der Waals surface area contributed by atoms with E-state index in [2.05, 4.69) is 44.6 Å². The van der Waals surface area contributed by atoms with Crippen molar-refractivity contribution in [1.82, 2.24) is 0 Å². The molecule has 1 aromatic carbocycles. The maximum atomic E-state index is 8.82. The molecule has 0 aliphatic carbocycles. The average Bonchev–Trinajstić information content (AvgIpc) is 2.08. The van der Waals surface area contributed by atoms with Gasteiger partial charge in [0.15, 0.2) is 0 Å². The zero-order valence-electron chi connectivity index (χ0n) is 5.94. The number of alkyl halides is 1. The summed E-state index contributed by atoms with van der Waals surface area (Å²) in [5.74, 6) is 0. The fraction of sp³-hybridized carbons (Fsp3) is 0.125. The molecule has 0 aromatic heterocycles. The quantitative estimate of drug-likeness (QED) is 0.556. The topological polar surface area (TPSA) is 23.8 Å². The number of rotatable bonds is 1. The largest absolute Gasteiger partial charge is 0.192 e. The van der Waals surface area contributed by atoms with E-state index in [1.807, 2.05) is 6.07 Å². The molecule has 0 aliphatic heterocycles. The van der Waals surface area contributed by atoms with E-state index in [0.29, 0.717) is 15.9 Å². The van der Waals surface area contributed by atoms with Gasteiger partial charge in [0.25, 0.3) is 0 Å². The first-order valence-electron chi connectivity index (χ1n) is 3.13. The molecule has 0 radical (unpaired) electrons. The van der Waals surface area contributed by atoms with Gasteiger partial charge in [-0.3, -0.25) is 0 Å². The Morgan fingerprint density at radius 1 is 1.58 bits per heavy atom. The van der Waals surface area contributed by atoms with E-state index < -0.39 is 0 Å². The molecule has 0 atom stereocenters. The van der Waals surface area contributed by atoms with E-state index >= 15 is 0 Å².